The zero-order valence-corrected chi connectivity index (χ0v) is 15.9. The van der Waals surface area contributed by atoms with Gasteiger partial charge in [-0.1, -0.05) is 6.07 Å². The van der Waals surface area contributed by atoms with E-state index in [1.807, 2.05) is 43.5 Å². The van der Waals surface area contributed by atoms with E-state index in [4.69, 9.17) is 4.74 Å². The molecule has 26 heavy (non-hydrogen) atoms. The van der Waals surface area contributed by atoms with Gasteiger partial charge in [0.25, 0.3) is 5.91 Å². The van der Waals surface area contributed by atoms with Gasteiger partial charge in [-0.15, -0.1) is 0 Å². The predicted octanol–water partition coefficient (Wildman–Crippen LogP) is 3.80. The van der Waals surface area contributed by atoms with Gasteiger partial charge in [-0.2, -0.15) is 0 Å². The summed E-state index contributed by atoms with van der Waals surface area (Å²) < 4.78 is 7.44. The molecule has 0 aliphatic heterocycles. The number of carbonyl (C=O) groups excluding carboxylic acids is 2. The zero-order valence-electron chi connectivity index (χ0n) is 15.9. The van der Waals surface area contributed by atoms with E-state index in [-0.39, 0.29) is 5.91 Å². The number of esters is 1. The number of hydrogen-bond donors (Lipinski definition) is 1. The zero-order chi connectivity index (χ0) is 18.8. The second-order valence-electron chi connectivity index (χ2n) is 6.90. The van der Waals surface area contributed by atoms with Crippen molar-refractivity contribution in [2.75, 3.05) is 5.32 Å². The molecule has 1 heterocycles. The lowest BCUT2D eigenvalue weighted by Gasteiger charge is -2.14. The van der Waals surface area contributed by atoms with Crippen molar-refractivity contribution in [3.63, 3.8) is 0 Å². The van der Waals surface area contributed by atoms with Gasteiger partial charge < -0.3 is 14.6 Å². The molecule has 3 rings (SSSR count). The van der Waals surface area contributed by atoms with Crippen molar-refractivity contribution in [1.29, 1.82) is 0 Å². The Kier molecular flexibility index (Phi) is 5.16. The molecule has 0 bridgehead atoms. The van der Waals surface area contributed by atoms with Gasteiger partial charge in [0.2, 0.25) is 0 Å². The fraction of sp³-hybridized carbons (Fsp3) is 0.429. The summed E-state index contributed by atoms with van der Waals surface area (Å²) in [6.07, 6.45) is 2.46. The van der Waals surface area contributed by atoms with Gasteiger partial charge >= 0.3 is 5.97 Å². The summed E-state index contributed by atoms with van der Waals surface area (Å²) >= 11 is 0. The molecule has 0 saturated heterocycles. The van der Waals surface area contributed by atoms with Crippen LogP contribution in [0.5, 0.6) is 0 Å². The second kappa shape index (κ2) is 7.36. The predicted molar refractivity (Wildman–Crippen MR) is 102 cm³/mol. The molecule has 1 N–H and O–H groups in total. The summed E-state index contributed by atoms with van der Waals surface area (Å²) in [4.78, 5) is 24.9. The molecule has 1 aromatic carbocycles. The SMILES string of the molecule is CCn1c(C)cc(C(=O)O[C@@H](C)C(=O)Nc2ccc3c(c2)CCC3)c1C. The van der Waals surface area contributed by atoms with Crippen LogP contribution in [0.25, 0.3) is 0 Å². The molecular weight excluding hydrogens is 328 g/mol. The third-order valence-corrected chi connectivity index (χ3v) is 5.13. The summed E-state index contributed by atoms with van der Waals surface area (Å²) in [7, 11) is 0. The maximum Gasteiger partial charge on any atom is 0.340 e. The normalized spacial score (nSPS) is 14.0. The number of nitrogens with zero attached hydrogens (tertiary/aromatic N) is 1. The summed E-state index contributed by atoms with van der Waals surface area (Å²) in [6, 6.07) is 7.80. The maximum atomic E-state index is 12.5. The lowest BCUT2D eigenvalue weighted by molar-refractivity contribution is -0.123. The quantitative estimate of drug-likeness (QED) is 0.831. The van der Waals surface area contributed by atoms with Crippen molar-refractivity contribution in [1.82, 2.24) is 4.57 Å². The summed E-state index contributed by atoms with van der Waals surface area (Å²) in [5, 5.41) is 2.85. The van der Waals surface area contributed by atoms with E-state index in [9.17, 15) is 9.59 Å². The summed E-state index contributed by atoms with van der Waals surface area (Å²) in [6.45, 7) is 8.26. The highest BCUT2D eigenvalue weighted by molar-refractivity contribution is 5.97. The Hall–Kier alpha value is -2.56. The second-order valence-corrected chi connectivity index (χ2v) is 6.90. The molecule has 1 aromatic heterocycles. The highest BCUT2D eigenvalue weighted by Gasteiger charge is 2.23. The van der Waals surface area contributed by atoms with E-state index >= 15 is 0 Å². The number of anilines is 1. The Morgan fingerprint density at radius 1 is 1.19 bits per heavy atom. The van der Waals surface area contributed by atoms with Gasteiger partial charge in [0.15, 0.2) is 6.10 Å². The van der Waals surface area contributed by atoms with Crippen molar-refractivity contribution in [3.05, 3.63) is 52.3 Å². The van der Waals surface area contributed by atoms with Crippen molar-refractivity contribution in [2.24, 2.45) is 0 Å². The molecule has 1 aliphatic rings. The number of hydrogen-bond acceptors (Lipinski definition) is 3. The third kappa shape index (κ3) is 3.52. The van der Waals surface area contributed by atoms with E-state index in [0.29, 0.717) is 5.56 Å². The molecule has 1 atom stereocenters. The average Bonchev–Trinajstić information content (AvgIpc) is 3.18. The fourth-order valence-corrected chi connectivity index (χ4v) is 3.67. The van der Waals surface area contributed by atoms with Crippen LogP contribution in [0.2, 0.25) is 0 Å². The van der Waals surface area contributed by atoms with Crippen LogP contribution < -0.4 is 5.32 Å². The van der Waals surface area contributed by atoms with E-state index in [0.717, 1.165) is 42.9 Å². The van der Waals surface area contributed by atoms with Gasteiger partial charge in [0.1, 0.15) is 0 Å². The Balaban J connectivity index is 1.65. The molecule has 5 heteroatoms. The number of aromatic nitrogens is 1. The van der Waals surface area contributed by atoms with Crippen molar-refractivity contribution in [2.45, 2.75) is 59.6 Å². The first kappa shape index (κ1) is 18.2. The van der Waals surface area contributed by atoms with Gasteiger partial charge in [-0.25, -0.2) is 4.79 Å². The highest BCUT2D eigenvalue weighted by atomic mass is 16.5. The van der Waals surface area contributed by atoms with Crippen LogP contribution in [0.15, 0.2) is 24.3 Å². The van der Waals surface area contributed by atoms with Crippen molar-refractivity contribution < 1.29 is 14.3 Å². The van der Waals surface area contributed by atoms with Crippen LogP contribution in [-0.2, 0) is 28.9 Å². The molecule has 0 spiro atoms. The summed E-state index contributed by atoms with van der Waals surface area (Å²) in [5.74, 6) is -0.782. The van der Waals surface area contributed by atoms with Gasteiger partial charge in [-0.3, -0.25) is 4.79 Å². The minimum absolute atomic E-state index is 0.319. The fourth-order valence-electron chi connectivity index (χ4n) is 3.67. The van der Waals surface area contributed by atoms with Crippen molar-refractivity contribution in [3.8, 4) is 0 Å². The first-order valence-corrected chi connectivity index (χ1v) is 9.21. The number of aryl methyl sites for hydroxylation is 3. The largest absolute Gasteiger partial charge is 0.449 e. The number of nitrogens with one attached hydrogen (secondary N) is 1. The molecule has 138 valence electrons. The van der Waals surface area contributed by atoms with Crippen LogP contribution in [0.3, 0.4) is 0 Å². The van der Waals surface area contributed by atoms with Crippen LogP contribution in [0, 0.1) is 13.8 Å². The smallest absolute Gasteiger partial charge is 0.340 e. The third-order valence-electron chi connectivity index (χ3n) is 5.13. The minimum Gasteiger partial charge on any atom is -0.449 e. The Morgan fingerprint density at radius 2 is 1.92 bits per heavy atom. The molecule has 2 aromatic rings. The van der Waals surface area contributed by atoms with Crippen LogP contribution >= 0.6 is 0 Å². The number of carbonyl (C=O) groups is 2. The number of rotatable bonds is 5. The highest BCUT2D eigenvalue weighted by Crippen LogP contribution is 2.25. The first-order valence-electron chi connectivity index (χ1n) is 9.21. The molecule has 0 unspecified atom stereocenters. The molecule has 0 saturated carbocycles. The molecular formula is C21H26N2O3. The number of amides is 1. The van der Waals surface area contributed by atoms with Crippen molar-refractivity contribution >= 4 is 17.6 Å². The molecule has 0 fully saturated rings. The molecule has 0 radical (unpaired) electrons. The molecule has 1 aliphatic carbocycles. The topological polar surface area (TPSA) is 60.3 Å². The Bertz CT molecular complexity index is 851. The first-order chi connectivity index (χ1) is 12.4. The Morgan fingerprint density at radius 3 is 2.62 bits per heavy atom. The van der Waals surface area contributed by atoms with Crippen LogP contribution in [0.1, 0.15) is 53.1 Å². The van der Waals surface area contributed by atoms with Gasteiger partial charge in [0, 0.05) is 23.6 Å². The van der Waals surface area contributed by atoms with Crippen LogP contribution in [0.4, 0.5) is 5.69 Å². The summed E-state index contributed by atoms with van der Waals surface area (Å²) in [5.41, 5.74) is 5.78. The van der Waals surface area contributed by atoms with E-state index in [1.54, 1.807) is 6.92 Å². The average molecular weight is 354 g/mol. The Labute approximate surface area is 154 Å². The number of fused-ring (bicyclic) bond motifs is 1. The van der Waals surface area contributed by atoms with Gasteiger partial charge in [0.05, 0.1) is 5.56 Å². The standard InChI is InChI=1S/C21H26N2O3/c1-5-23-13(2)11-19(14(23)3)21(25)26-15(4)20(24)22-18-10-9-16-7-6-8-17(16)12-18/h9-12,15H,5-8H2,1-4H3,(H,22,24)/t15-/m0/s1. The van der Waals surface area contributed by atoms with Gasteiger partial charge in [-0.05, 0) is 76.3 Å². The lowest BCUT2D eigenvalue weighted by Crippen LogP contribution is -2.30. The molecule has 5 nitrogen and oxygen atoms in total. The van der Waals surface area contributed by atoms with E-state index in [2.05, 4.69) is 11.4 Å². The van der Waals surface area contributed by atoms with Crippen LogP contribution in [-0.4, -0.2) is 22.5 Å². The maximum absolute atomic E-state index is 12.5. The number of ether oxygens (including phenoxy) is 1. The monoisotopic (exact) mass is 354 g/mol. The molecule has 1 amide bonds. The minimum atomic E-state index is -0.861. The van der Waals surface area contributed by atoms with E-state index in [1.165, 1.54) is 11.1 Å². The van der Waals surface area contributed by atoms with E-state index < -0.39 is 12.1 Å². The number of benzene rings is 1. The lowest BCUT2D eigenvalue weighted by atomic mass is 10.1.